The first-order chi connectivity index (χ1) is 8.02. The number of carbonyl (C=O) groups excluding carboxylic acids is 1. The third kappa shape index (κ3) is 2.41. The van der Waals surface area contributed by atoms with Crippen molar-refractivity contribution < 1.29 is 9.53 Å². The van der Waals surface area contributed by atoms with Crippen molar-refractivity contribution in [3.05, 3.63) is 11.6 Å². The van der Waals surface area contributed by atoms with Gasteiger partial charge in [0.15, 0.2) is 0 Å². The Morgan fingerprint density at radius 1 is 1.41 bits per heavy atom. The fraction of sp³-hybridized carbons (Fsp3) is 0.800. The van der Waals surface area contributed by atoms with E-state index >= 15 is 0 Å². The molecule has 0 saturated heterocycles. The van der Waals surface area contributed by atoms with Crippen molar-refractivity contribution in [2.75, 3.05) is 0 Å². The van der Waals surface area contributed by atoms with Crippen molar-refractivity contribution in [1.82, 2.24) is 0 Å². The maximum atomic E-state index is 11.2. The monoisotopic (exact) mass is 236 g/mol. The van der Waals surface area contributed by atoms with Gasteiger partial charge in [-0.15, -0.1) is 0 Å². The molecule has 0 aromatic carbocycles. The van der Waals surface area contributed by atoms with Crippen LogP contribution in [0.4, 0.5) is 0 Å². The van der Waals surface area contributed by atoms with Crippen molar-refractivity contribution in [3.63, 3.8) is 0 Å². The van der Waals surface area contributed by atoms with Crippen LogP contribution in [0.5, 0.6) is 0 Å². The Hall–Kier alpha value is -0.790. The second-order valence-corrected chi connectivity index (χ2v) is 5.98. The second kappa shape index (κ2) is 4.83. The molecule has 0 spiro atoms. The van der Waals surface area contributed by atoms with Crippen LogP contribution in [-0.4, -0.2) is 12.1 Å². The van der Waals surface area contributed by atoms with Crippen LogP contribution in [0, 0.1) is 23.7 Å². The average molecular weight is 236 g/mol. The highest BCUT2D eigenvalue weighted by Crippen LogP contribution is 2.53. The van der Waals surface area contributed by atoms with Gasteiger partial charge < -0.3 is 4.74 Å². The highest BCUT2D eigenvalue weighted by atomic mass is 16.5. The van der Waals surface area contributed by atoms with Gasteiger partial charge in [0.2, 0.25) is 0 Å². The molecule has 2 aliphatic carbocycles. The fourth-order valence-corrected chi connectivity index (χ4v) is 3.83. The summed E-state index contributed by atoms with van der Waals surface area (Å²) in [5, 5.41) is 0. The van der Waals surface area contributed by atoms with Crippen LogP contribution in [0.2, 0.25) is 0 Å². The molecular formula is C15H24O2. The molecule has 0 N–H and O–H groups in total. The molecule has 4 atom stereocenters. The van der Waals surface area contributed by atoms with E-state index in [0.29, 0.717) is 11.8 Å². The summed E-state index contributed by atoms with van der Waals surface area (Å²) in [6, 6.07) is 0. The molecule has 96 valence electrons. The number of esters is 1. The summed E-state index contributed by atoms with van der Waals surface area (Å²) in [5.41, 5.74) is 1.64. The van der Waals surface area contributed by atoms with Crippen LogP contribution in [-0.2, 0) is 9.53 Å². The minimum absolute atomic E-state index is 0.126. The summed E-state index contributed by atoms with van der Waals surface area (Å²) in [5.74, 6) is 2.41. The number of fused-ring (bicyclic) bond motifs is 2. The minimum atomic E-state index is -0.127. The smallest absolute Gasteiger partial charge is 0.302 e. The number of carbonyl (C=O) groups is 1. The van der Waals surface area contributed by atoms with Crippen molar-refractivity contribution in [2.45, 2.75) is 53.1 Å². The standard InChI is InChI=1S/C15H24O2/c1-5-11-6-13-7-12(11)8-14(13)15(9(2)3)17-10(4)16/h5,9,12-15H,6-8H2,1-4H3/b11-5+. The van der Waals surface area contributed by atoms with Crippen LogP contribution in [0.25, 0.3) is 0 Å². The van der Waals surface area contributed by atoms with Gasteiger partial charge in [-0.05, 0) is 49.9 Å². The first-order valence-electron chi connectivity index (χ1n) is 6.85. The van der Waals surface area contributed by atoms with E-state index in [1.54, 1.807) is 5.57 Å². The van der Waals surface area contributed by atoms with Crippen LogP contribution in [0.1, 0.15) is 47.0 Å². The van der Waals surface area contributed by atoms with Crippen molar-refractivity contribution in [2.24, 2.45) is 23.7 Å². The zero-order valence-corrected chi connectivity index (χ0v) is 11.4. The number of allylic oxidation sites excluding steroid dienone is 2. The van der Waals surface area contributed by atoms with Gasteiger partial charge in [-0.1, -0.05) is 25.5 Å². The predicted molar refractivity (Wildman–Crippen MR) is 68.5 cm³/mol. The topological polar surface area (TPSA) is 26.3 Å². The molecule has 2 aliphatic rings. The van der Waals surface area contributed by atoms with Gasteiger partial charge in [0, 0.05) is 6.92 Å². The lowest BCUT2D eigenvalue weighted by Gasteiger charge is -2.33. The lowest BCUT2D eigenvalue weighted by Crippen LogP contribution is -2.34. The molecule has 0 aliphatic heterocycles. The predicted octanol–water partition coefficient (Wildman–Crippen LogP) is 3.57. The lowest BCUT2D eigenvalue weighted by molar-refractivity contribution is -0.153. The third-order valence-corrected chi connectivity index (χ3v) is 4.52. The molecule has 2 rings (SSSR count). The van der Waals surface area contributed by atoms with E-state index in [1.807, 2.05) is 0 Å². The maximum Gasteiger partial charge on any atom is 0.302 e. The average Bonchev–Trinajstić information content (AvgIpc) is 2.83. The van der Waals surface area contributed by atoms with Crippen molar-refractivity contribution >= 4 is 5.97 Å². The Morgan fingerprint density at radius 2 is 2.12 bits per heavy atom. The van der Waals surface area contributed by atoms with Crippen LogP contribution in [0.3, 0.4) is 0 Å². The number of hydrogen-bond acceptors (Lipinski definition) is 2. The van der Waals surface area contributed by atoms with Gasteiger partial charge in [0.05, 0.1) is 0 Å². The van der Waals surface area contributed by atoms with Gasteiger partial charge >= 0.3 is 5.97 Å². The maximum absolute atomic E-state index is 11.2. The van der Waals surface area contributed by atoms with E-state index in [0.717, 1.165) is 11.8 Å². The molecule has 2 saturated carbocycles. The summed E-state index contributed by atoms with van der Waals surface area (Å²) >= 11 is 0. The molecule has 2 bridgehead atoms. The molecule has 0 aromatic heterocycles. The Kier molecular flexibility index (Phi) is 3.60. The molecule has 4 unspecified atom stereocenters. The largest absolute Gasteiger partial charge is 0.462 e. The van der Waals surface area contributed by atoms with Crippen molar-refractivity contribution in [3.8, 4) is 0 Å². The molecule has 17 heavy (non-hydrogen) atoms. The lowest BCUT2D eigenvalue weighted by atomic mass is 9.79. The van der Waals surface area contributed by atoms with E-state index in [-0.39, 0.29) is 12.1 Å². The van der Waals surface area contributed by atoms with Crippen LogP contribution >= 0.6 is 0 Å². The summed E-state index contributed by atoms with van der Waals surface area (Å²) in [6.45, 7) is 8.00. The highest BCUT2D eigenvalue weighted by Gasteiger charge is 2.47. The van der Waals surface area contributed by atoms with E-state index in [2.05, 4.69) is 26.8 Å². The molecular weight excluding hydrogens is 212 g/mol. The Bertz CT molecular complexity index is 330. The van der Waals surface area contributed by atoms with Gasteiger partial charge in [0.1, 0.15) is 6.10 Å². The van der Waals surface area contributed by atoms with Crippen LogP contribution in [0.15, 0.2) is 11.6 Å². The number of hydrogen-bond donors (Lipinski definition) is 0. The molecule has 2 nitrogen and oxygen atoms in total. The van der Waals surface area contributed by atoms with Gasteiger partial charge in [-0.25, -0.2) is 0 Å². The first-order valence-corrected chi connectivity index (χ1v) is 6.85. The molecule has 2 fully saturated rings. The zero-order chi connectivity index (χ0) is 12.6. The Morgan fingerprint density at radius 3 is 2.53 bits per heavy atom. The third-order valence-electron chi connectivity index (χ3n) is 4.52. The van der Waals surface area contributed by atoms with Crippen molar-refractivity contribution in [1.29, 1.82) is 0 Å². The second-order valence-electron chi connectivity index (χ2n) is 5.98. The Labute approximate surface area is 104 Å². The number of rotatable bonds is 3. The first kappa shape index (κ1) is 12.7. The van der Waals surface area contributed by atoms with E-state index in [4.69, 9.17) is 4.74 Å². The van der Waals surface area contributed by atoms with Gasteiger partial charge in [-0.3, -0.25) is 4.79 Å². The Balaban J connectivity index is 2.06. The fourth-order valence-electron chi connectivity index (χ4n) is 3.83. The molecule has 2 heteroatoms. The molecule has 0 heterocycles. The van der Waals surface area contributed by atoms with E-state index in [1.165, 1.54) is 26.2 Å². The molecule has 0 radical (unpaired) electrons. The quantitative estimate of drug-likeness (QED) is 0.553. The van der Waals surface area contributed by atoms with E-state index < -0.39 is 0 Å². The van der Waals surface area contributed by atoms with Gasteiger partial charge in [-0.2, -0.15) is 0 Å². The SMILES string of the molecule is C/C=C1\CC2CC1CC2C(OC(C)=O)C(C)C. The van der Waals surface area contributed by atoms with Crippen LogP contribution < -0.4 is 0 Å². The summed E-state index contributed by atoms with van der Waals surface area (Å²) < 4.78 is 5.56. The summed E-state index contributed by atoms with van der Waals surface area (Å²) in [7, 11) is 0. The number of ether oxygens (including phenoxy) is 1. The summed E-state index contributed by atoms with van der Waals surface area (Å²) in [4.78, 5) is 11.2. The summed E-state index contributed by atoms with van der Waals surface area (Å²) in [6.07, 6.45) is 6.18. The normalized spacial score (nSPS) is 35.6. The zero-order valence-electron chi connectivity index (χ0n) is 11.4. The molecule has 0 aromatic rings. The highest BCUT2D eigenvalue weighted by molar-refractivity contribution is 5.66. The molecule has 0 amide bonds. The van der Waals surface area contributed by atoms with E-state index in [9.17, 15) is 4.79 Å². The minimum Gasteiger partial charge on any atom is -0.462 e. The van der Waals surface area contributed by atoms with Gasteiger partial charge in [0.25, 0.3) is 0 Å².